The second kappa shape index (κ2) is 5.42. The SMILES string of the molecule is CC(C)(C)OC(=O)N1C[C@H](O)[C@H]2OC[C@H]([Hg][Cl])[C@H]21. The molecule has 2 fully saturated rings. The second-order valence-corrected chi connectivity index (χ2v) is 13.9. The number of carbonyl (C=O) groups is 1. The molecule has 1 amide bonds. The molecule has 0 radical (unpaired) electrons. The molecule has 0 aromatic rings. The molecule has 0 aliphatic carbocycles. The molecule has 2 heterocycles. The van der Waals surface area contributed by atoms with Crippen LogP contribution in [0, 0.1) is 0 Å². The molecule has 100 valence electrons. The number of halogens is 1. The topological polar surface area (TPSA) is 59.0 Å². The average Bonchev–Trinajstić information content (AvgIpc) is 2.77. The summed E-state index contributed by atoms with van der Waals surface area (Å²) < 4.78 is 11.2. The Morgan fingerprint density at radius 2 is 2.22 bits per heavy atom. The minimum absolute atomic E-state index is 0.0750. The third-order valence-electron chi connectivity index (χ3n) is 3.27. The summed E-state index contributed by atoms with van der Waals surface area (Å²) in [6.07, 6.45) is -1.27. The molecule has 2 aliphatic rings. The first-order valence-corrected chi connectivity index (χ1v) is 16.1. The predicted molar refractivity (Wildman–Crippen MR) is 62.1 cm³/mol. The molecular weight excluding hydrogens is 446 g/mol. The van der Waals surface area contributed by atoms with Crippen molar-refractivity contribution in [3.8, 4) is 0 Å². The molecule has 0 aromatic carbocycles. The number of rotatable bonds is 1. The van der Waals surface area contributed by atoms with E-state index in [2.05, 4.69) is 0 Å². The first-order chi connectivity index (χ1) is 8.33. The van der Waals surface area contributed by atoms with Gasteiger partial charge >= 0.3 is 123 Å². The number of nitrogens with zero attached hydrogens (tertiary/aromatic N) is 1. The standard InChI is InChI=1S/C11H18NO4.ClH.Hg/c1-11(2,3)16-10(14)12-6-8(13)9-7(12)4-5-15-9;;/h4,7-9,13H,5-6H2,1-3H3;1H;/q;;+1/p-1/t7-,8+,9+;;/m1../s1. The van der Waals surface area contributed by atoms with Crippen LogP contribution in [0.4, 0.5) is 4.79 Å². The van der Waals surface area contributed by atoms with E-state index < -0.39 is 35.0 Å². The number of hydrogen-bond acceptors (Lipinski definition) is 4. The molecule has 5 nitrogen and oxygen atoms in total. The van der Waals surface area contributed by atoms with Gasteiger partial charge in [-0.2, -0.15) is 0 Å². The summed E-state index contributed by atoms with van der Waals surface area (Å²) in [5.74, 6) is 0. The van der Waals surface area contributed by atoms with Gasteiger partial charge in [-0.1, -0.05) is 0 Å². The Morgan fingerprint density at radius 3 is 2.78 bits per heavy atom. The van der Waals surface area contributed by atoms with Gasteiger partial charge in [0, 0.05) is 0 Å². The molecule has 0 aromatic heterocycles. The van der Waals surface area contributed by atoms with E-state index in [1.165, 1.54) is 0 Å². The fourth-order valence-corrected chi connectivity index (χ4v) is 8.55. The monoisotopic (exact) mass is 465 g/mol. The van der Waals surface area contributed by atoms with Gasteiger partial charge in [0.15, 0.2) is 0 Å². The van der Waals surface area contributed by atoms with Crippen LogP contribution >= 0.6 is 8.25 Å². The zero-order chi connectivity index (χ0) is 13.5. The van der Waals surface area contributed by atoms with Crippen LogP contribution in [0.1, 0.15) is 20.8 Å². The first kappa shape index (κ1) is 14.8. The zero-order valence-corrected chi connectivity index (χ0v) is 17.2. The van der Waals surface area contributed by atoms with E-state index in [4.69, 9.17) is 17.7 Å². The van der Waals surface area contributed by atoms with Crippen molar-refractivity contribution >= 4 is 14.3 Å². The molecule has 0 unspecified atom stereocenters. The summed E-state index contributed by atoms with van der Waals surface area (Å²) in [6.45, 7) is 6.36. The fraction of sp³-hybridized carbons (Fsp3) is 0.909. The molecule has 0 saturated carbocycles. The number of β-amino-alcohol motifs (C(OH)–C–C–N with tert-alkyl or cyclic N) is 1. The van der Waals surface area contributed by atoms with Crippen molar-refractivity contribution in [2.45, 2.75) is 48.0 Å². The number of likely N-dealkylation sites (tertiary alicyclic amines) is 1. The Bertz CT molecular complexity index is 335. The van der Waals surface area contributed by atoms with Crippen LogP contribution in [0.2, 0.25) is 3.43 Å². The molecule has 2 rings (SSSR count). The molecule has 2 aliphatic heterocycles. The van der Waals surface area contributed by atoms with Crippen LogP contribution in [0.25, 0.3) is 0 Å². The average molecular weight is 464 g/mol. The van der Waals surface area contributed by atoms with Crippen molar-refractivity contribution in [1.29, 1.82) is 0 Å². The zero-order valence-electron chi connectivity index (χ0n) is 10.9. The van der Waals surface area contributed by atoms with Crippen LogP contribution in [-0.2, 0) is 32.8 Å². The van der Waals surface area contributed by atoms with E-state index in [0.29, 0.717) is 6.61 Å². The Morgan fingerprint density at radius 1 is 1.56 bits per heavy atom. The van der Waals surface area contributed by atoms with Crippen molar-refractivity contribution < 1.29 is 42.7 Å². The van der Waals surface area contributed by atoms with Gasteiger partial charge in [0.05, 0.1) is 0 Å². The third-order valence-corrected chi connectivity index (χ3v) is 11.1. The Labute approximate surface area is 123 Å². The number of aliphatic hydroxyl groups excluding tert-OH is 1. The van der Waals surface area contributed by atoms with Gasteiger partial charge in [-0.25, -0.2) is 0 Å². The van der Waals surface area contributed by atoms with Gasteiger partial charge in [0.1, 0.15) is 0 Å². The van der Waals surface area contributed by atoms with E-state index in [0.717, 1.165) is 0 Å². The molecule has 18 heavy (non-hydrogen) atoms. The number of fused-ring (bicyclic) bond motifs is 1. The van der Waals surface area contributed by atoms with Gasteiger partial charge in [-0.15, -0.1) is 0 Å². The normalized spacial score (nSPS) is 35.3. The van der Waals surface area contributed by atoms with E-state index in [1.54, 1.807) is 4.90 Å². The number of aliphatic hydroxyl groups is 1. The predicted octanol–water partition coefficient (Wildman–Crippen LogP) is 1.39. The first-order valence-electron chi connectivity index (χ1n) is 6.18. The van der Waals surface area contributed by atoms with E-state index in [-0.39, 0.29) is 28.2 Å². The van der Waals surface area contributed by atoms with E-state index >= 15 is 0 Å². The number of ether oxygens (including phenoxy) is 2. The summed E-state index contributed by atoms with van der Waals surface area (Å²) >= 11 is -1.53. The van der Waals surface area contributed by atoms with E-state index in [1.807, 2.05) is 20.8 Å². The Kier molecular flexibility index (Phi) is 4.46. The van der Waals surface area contributed by atoms with Crippen LogP contribution in [0.15, 0.2) is 0 Å². The number of amides is 1. The maximum absolute atomic E-state index is 12.1. The number of carbonyl (C=O) groups excluding carboxylic acids is 1. The van der Waals surface area contributed by atoms with Gasteiger partial charge < -0.3 is 0 Å². The maximum atomic E-state index is 12.1. The van der Waals surface area contributed by atoms with Crippen LogP contribution in [-0.4, -0.2) is 53.1 Å². The van der Waals surface area contributed by atoms with Gasteiger partial charge in [-0.3, -0.25) is 0 Å². The summed E-state index contributed by atoms with van der Waals surface area (Å²) in [4.78, 5) is 13.7. The fourth-order valence-electron chi connectivity index (χ4n) is 2.55. The number of hydrogen-bond donors (Lipinski definition) is 1. The Hall–Kier alpha value is 0.415. The van der Waals surface area contributed by atoms with Crippen LogP contribution in [0.3, 0.4) is 0 Å². The van der Waals surface area contributed by atoms with Crippen molar-refractivity contribution in [3.63, 3.8) is 0 Å². The molecule has 7 heteroatoms. The van der Waals surface area contributed by atoms with E-state index in [9.17, 15) is 9.90 Å². The van der Waals surface area contributed by atoms with Gasteiger partial charge in [0.25, 0.3) is 0 Å². The van der Waals surface area contributed by atoms with Crippen LogP contribution in [0.5, 0.6) is 0 Å². The van der Waals surface area contributed by atoms with Crippen molar-refractivity contribution in [1.82, 2.24) is 4.90 Å². The molecule has 0 bridgehead atoms. The summed E-state index contributed by atoms with van der Waals surface area (Å²) in [6, 6.07) is -0.0750. The van der Waals surface area contributed by atoms with Crippen molar-refractivity contribution in [3.05, 3.63) is 0 Å². The minimum atomic E-state index is -1.53. The third kappa shape index (κ3) is 2.94. The second-order valence-electron chi connectivity index (χ2n) is 5.90. The van der Waals surface area contributed by atoms with Gasteiger partial charge in [0.2, 0.25) is 0 Å². The molecular formula is C11H18ClHgNO4. The molecule has 0 spiro atoms. The van der Waals surface area contributed by atoms with Crippen LogP contribution < -0.4 is 0 Å². The molecule has 4 atom stereocenters. The molecule has 1 N–H and O–H groups in total. The van der Waals surface area contributed by atoms with Crippen molar-refractivity contribution in [2.75, 3.05) is 13.2 Å². The molecule has 2 saturated heterocycles. The quantitative estimate of drug-likeness (QED) is 0.597. The summed E-state index contributed by atoms with van der Waals surface area (Å²) in [5.41, 5.74) is -0.527. The Balaban J connectivity index is 2.10. The van der Waals surface area contributed by atoms with Crippen molar-refractivity contribution in [2.24, 2.45) is 0 Å². The van der Waals surface area contributed by atoms with Gasteiger partial charge in [-0.05, 0) is 0 Å². The summed E-state index contributed by atoms with van der Waals surface area (Å²) in [5, 5.41) is 9.94. The summed E-state index contributed by atoms with van der Waals surface area (Å²) in [7, 11) is 6.11.